The number of nitrogens with two attached hydrogens (primary N) is 2. The van der Waals surface area contributed by atoms with Gasteiger partial charge in [0.25, 0.3) is 0 Å². The molecule has 0 fully saturated rings. The third-order valence-electron chi connectivity index (χ3n) is 2.69. The SMILES string of the molecule is CC(C)c1nc(-c2c(Cl)cccc2Cl)c(N)n1N. The summed E-state index contributed by atoms with van der Waals surface area (Å²) in [5.41, 5.74) is 7.11. The van der Waals surface area contributed by atoms with Crippen LogP contribution in [-0.4, -0.2) is 9.66 Å². The average molecular weight is 285 g/mol. The summed E-state index contributed by atoms with van der Waals surface area (Å²) in [6, 6.07) is 5.26. The fourth-order valence-electron chi connectivity index (χ4n) is 1.78. The lowest BCUT2D eigenvalue weighted by Crippen LogP contribution is -2.16. The Morgan fingerprint density at radius 1 is 1.22 bits per heavy atom. The molecular formula is C12H14Cl2N4. The molecule has 1 aromatic carbocycles. The Morgan fingerprint density at radius 3 is 2.22 bits per heavy atom. The van der Waals surface area contributed by atoms with Gasteiger partial charge >= 0.3 is 0 Å². The largest absolute Gasteiger partial charge is 0.382 e. The van der Waals surface area contributed by atoms with Crippen molar-refractivity contribution in [2.75, 3.05) is 11.6 Å². The summed E-state index contributed by atoms with van der Waals surface area (Å²) in [5, 5.41) is 1.00. The van der Waals surface area contributed by atoms with Gasteiger partial charge in [0.05, 0.1) is 10.0 Å². The van der Waals surface area contributed by atoms with Gasteiger partial charge in [-0.3, -0.25) is 0 Å². The fourth-order valence-corrected chi connectivity index (χ4v) is 2.35. The zero-order valence-corrected chi connectivity index (χ0v) is 11.6. The first kappa shape index (κ1) is 13.1. The molecule has 1 heterocycles. The summed E-state index contributed by atoms with van der Waals surface area (Å²) in [5.74, 6) is 7.09. The molecule has 2 aromatic rings. The van der Waals surface area contributed by atoms with Crippen molar-refractivity contribution < 1.29 is 0 Å². The van der Waals surface area contributed by atoms with E-state index >= 15 is 0 Å². The highest BCUT2D eigenvalue weighted by Crippen LogP contribution is 2.37. The maximum Gasteiger partial charge on any atom is 0.150 e. The molecule has 0 radical (unpaired) electrons. The minimum absolute atomic E-state index is 0.160. The van der Waals surface area contributed by atoms with Crippen LogP contribution in [0.25, 0.3) is 11.3 Å². The molecule has 0 aliphatic heterocycles. The number of halogens is 2. The molecule has 18 heavy (non-hydrogen) atoms. The molecule has 0 bridgehead atoms. The summed E-state index contributed by atoms with van der Waals surface area (Å²) in [4.78, 5) is 4.44. The van der Waals surface area contributed by atoms with Crippen LogP contribution in [0.3, 0.4) is 0 Å². The van der Waals surface area contributed by atoms with Crippen molar-refractivity contribution in [2.24, 2.45) is 0 Å². The smallest absolute Gasteiger partial charge is 0.150 e. The molecule has 0 saturated heterocycles. The fraction of sp³-hybridized carbons (Fsp3) is 0.250. The minimum atomic E-state index is 0.160. The Kier molecular flexibility index (Phi) is 3.41. The Balaban J connectivity index is 2.69. The van der Waals surface area contributed by atoms with E-state index < -0.39 is 0 Å². The number of hydrogen-bond donors (Lipinski definition) is 2. The molecule has 96 valence electrons. The molecule has 0 spiro atoms. The molecule has 0 amide bonds. The highest BCUT2D eigenvalue weighted by molar-refractivity contribution is 6.39. The maximum absolute atomic E-state index is 6.15. The van der Waals surface area contributed by atoms with E-state index in [4.69, 9.17) is 34.8 Å². The molecule has 2 rings (SSSR count). The molecule has 0 atom stereocenters. The highest BCUT2D eigenvalue weighted by atomic mass is 35.5. The lowest BCUT2D eigenvalue weighted by atomic mass is 10.1. The van der Waals surface area contributed by atoms with E-state index in [1.807, 2.05) is 13.8 Å². The van der Waals surface area contributed by atoms with Crippen LogP contribution in [0.1, 0.15) is 25.6 Å². The zero-order chi connectivity index (χ0) is 13.4. The van der Waals surface area contributed by atoms with Crippen LogP contribution >= 0.6 is 23.2 Å². The van der Waals surface area contributed by atoms with Crippen molar-refractivity contribution in [1.82, 2.24) is 9.66 Å². The first-order valence-corrected chi connectivity index (χ1v) is 6.26. The predicted octanol–water partition coefficient (Wildman–Crippen LogP) is 3.28. The minimum Gasteiger partial charge on any atom is -0.382 e. The number of rotatable bonds is 2. The van der Waals surface area contributed by atoms with E-state index in [2.05, 4.69) is 4.98 Å². The van der Waals surface area contributed by atoms with Gasteiger partial charge in [-0.05, 0) is 12.1 Å². The van der Waals surface area contributed by atoms with Gasteiger partial charge in [0, 0.05) is 11.5 Å². The average Bonchev–Trinajstić information content (AvgIpc) is 2.57. The number of hydrogen-bond acceptors (Lipinski definition) is 3. The Morgan fingerprint density at radius 2 is 1.78 bits per heavy atom. The van der Waals surface area contributed by atoms with Crippen LogP contribution < -0.4 is 11.6 Å². The normalized spacial score (nSPS) is 11.2. The van der Waals surface area contributed by atoms with Gasteiger partial charge in [-0.2, -0.15) is 0 Å². The van der Waals surface area contributed by atoms with Gasteiger partial charge in [0.1, 0.15) is 11.5 Å². The molecule has 0 unspecified atom stereocenters. The molecule has 4 nitrogen and oxygen atoms in total. The molecule has 6 heteroatoms. The summed E-state index contributed by atoms with van der Waals surface area (Å²) >= 11 is 12.3. The maximum atomic E-state index is 6.15. The number of aromatic nitrogens is 2. The number of nitrogens with zero attached hydrogens (tertiary/aromatic N) is 2. The predicted molar refractivity (Wildman–Crippen MR) is 76.3 cm³/mol. The van der Waals surface area contributed by atoms with E-state index in [9.17, 15) is 0 Å². The van der Waals surface area contributed by atoms with Crippen LogP contribution in [0, 0.1) is 0 Å². The Bertz CT molecular complexity index is 570. The van der Waals surface area contributed by atoms with Crippen LogP contribution in [-0.2, 0) is 0 Å². The second-order valence-corrected chi connectivity index (χ2v) is 5.14. The second kappa shape index (κ2) is 4.71. The van der Waals surface area contributed by atoms with Crippen molar-refractivity contribution in [1.29, 1.82) is 0 Å². The first-order chi connectivity index (χ1) is 8.43. The summed E-state index contributed by atoms with van der Waals surface area (Å²) in [6.07, 6.45) is 0. The molecule has 0 aliphatic rings. The van der Waals surface area contributed by atoms with Crippen LogP contribution in [0.2, 0.25) is 10.0 Å². The molecular weight excluding hydrogens is 271 g/mol. The summed E-state index contributed by atoms with van der Waals surface area (Å²) in [7, 11) is 0. The van der Waals surface area contributed by atoms with Crippen LogP contribution in [0.4, 0.5) is 5.82 Å². The van der Waals surface area contributed by atoms with E-state index in [0.717, 1.165) is 0 Å². The van der Waals surface area contributed by atoms with Crippen molar-refractivity contribution in [3.05, 3.63) is 34.1 Å². The zero-order valence-electron chi connectivity index (χ0n) is 10.1. The molecule has 1 aromatic heterocycles. The number of benzene rings is 1. The van der Waals surface area contributed by atoms with Gasteiger partial charge in [-0.25, -0.2) is 9.66 Å². The van der Waals surface area contributed by atoms with Gasteiger partial charge in [0.2, 0.25) is 0 Å². The standard InChI is InChI=1S/C12H14Cl2N4/c1-6(2)12-17-10(11(15)18(12)16)9-7(13)4-3-5-8(9)14/h3-6H,15-16H2,1-2H3. The molecule has 4 N–H and O–H groups in total. The third kappa shape index (κ3) is 2.02. The van der Waals surface area contributed by atoms with Crippen molar-refractivity contribution in [2.45, 2.75) is 19.8 Å². The van der Waals surface area contributed by atoms with Crippen molar-refractivity contribution in [3.63, 3.8) is 0 Å². The van der Waals surface area contributed by atoms with Crippen molar-refractivity contribution >= 4 is 29.0 Å². The first-order valence-electron chi connectivity index (χ1n) is 5.51. The lowest BCUT2D eigenvalue weighted by molar-refractivity contribution is 0.739. The molecule has 0 aliphatic carbocycles. The van der Waals surface area contributed by atoms with Crippen LogP contribution in [0.15, 0.2) is 18.2 Å². The summed E-state index contributed by atoms with van der Waals surface area (Å²) < 4.78 is 1.37. The second-order valence-electron chi connectivity index (χ2n) is 4.33. The van der Waals surface area contributed by atoms with Gasteiger partial charge in [-0.1, -0.05) is 43.1 Å². The highest BCUT2D eigenvalue weighted by Gasteiger charge is 2.20. The van der Waals surface area contributed by atoms with E-state index in [0.29, 0.717) is 32.9 Å². The van der Waals surface area contributed by atoms with E-state index in [1.165, 1.54) is 4.68 Å². The Hall–Kier alpha value is -1.39. The summed E-state index contributed by atoms with van der Waals surface area (Å²) in [6.45, 7) is 3.98. The van der Waals surface area contributed by atoms with Gasteiger partial charge in [0.15, 0.2) is 5.82 Å². The van der Waals surface area contributed by atoms with Crippen LogP contribution in [0.5, 0.6) is 0 Å². The Labute approximate surface area is 115 Å². The third-order valence-corrected chi connectivity index (χ3v) is 3.32. The number of imidazole rings is 1. The topological polar surface area (TPSA) is 69.9 Å². The molecule has 0 saturated carbocycles. The van der Waals surface area contributed by atoms with E-state index in [-0.39, 0.29) is 5.92 Å². The lowest BCUT2D eigenvalue weighted by Gasteiger charge is -2.05. The van der Waals surface area contributed by atoms with E-state index in [1.54, 1.807) is 18.2 Å². The van der Waals surface area contributed by atoms with Gasteiger partial charge < -0.3 is 11.6 Å². The quantitative estimate of drug-likeness (QED) is 0.832. The van der Waals surface area contributed by atoms with Gasteiger partial charge in [-0.15, -0.1) is 0 Å². The van der Waals surface area contributed by atoms with Crippen molar-refractivity contribution in [3.8, 4) is 11.3 Å². The number of nitrogen functional groups attached to an aromatic ring is 2. The monoisotopic (exact) mass is 284 g/mol. The number of anilines is 1.